The quantitative estimate of drug-likeness (QED) is 0.750. The zero-order valence-corrected chi connectivity index (χ0v) is 14.6. The SMILES string of the molecule is CCOc1ccc(S(=O)(=O)NCCCn2ccnc2)c(C)c1C. The smallest absolute Gasteiger partial charge is 0.240 e. The van der Waals surface area contributed by atoms with E-state index in [1.165, 1.54) is 0 Å². The highest BCUT2D eigenvalue weighted by Crippen LogP contribution is 2.27. The molecule has 0 spiro atoms. The minimum Gasteiger partial charge on any atom is -0.494 e. The fraction of sp³-hybridized carbons (Fsp3) is 0.438. The predicted molar refractivity (Wildman–Crippen MR) is 89.1 cm³/mol. The van der Waals surface area contributed by atoms with Gasteiger partial charge in [0.25, 0.3) is 0 Å². The number of imidazole rings is 1. The number of rotatable bonds is 8. The molecule has 0 unspecified atom stereocenters. The van der Waals surface area contributed by atoms with Crippen LogP contribution in [0.25, 0.3) is 0 Å². The summed E-state index contributed by atoms with van der Waals surface area (Å²) in [5, 5.41) is 0. The molecule has 23 heavy (non-hydrogen) atoms. The third-order valence-corrected chi connectivity index (χ3v) is 5.33. The Labute approximate surface area is 137 Å². The molecule has 0 aliphatic rings. The molecule has 1 heterocycles. The summed E-state index contributed by atoms with van der Waals surface area (Å²) in [6.07, 6.45) is 5.98. The minimum atomic E-state index is -3.52. The number of nitrogens with one attached hydrogen (secondary N) is 1. The number of hydrogen-bond acceptors (Lipinski definition) is 4. The van der Waals surface area contributed by atoms with Gasteiger partial charge in [0.15, 0.2) is 0 Å². The van der Waals surface area contributed by atoms with Gasteiger partial charge in [-0.2, -0.15) is 0 Å². The Bertz CT molecular complexity index is 740. The third-order valence-electron chi connectivity index (χ3n) is 3.72. The molecular weight excluding hydrogens is 314 g/mol. The van der Waals surface area contributed by atoms with Crippen LogP contribution in [0, 0.1) is 13.8 Å². The van der Waals surface area contributed by atoms with Crippen molar-refractivity contribution in [2.75, 3.05) is 13.2 Å². The first-order valence-electron chi connectivity index (χ1n) is 7.64. The Kier molecular flexibility index (Phi) is 5.79. The highest BCUT2D eigenvalue weighted by atomic mass is 32.2. The van der Waals surface area contributed by atoms with Crippen LogP contribution in [0.1, 0.15) is 24.5 Å². The average Bonchev–Trinajstić information content (AvgIpc) is 3.02. The molecule has 7 heteroatoms. The molecule has 2 rings (SSSR count). The molecule has 2 aromatic rings. The summed E-state index contributed by atoms with van der Waals surface area (Å²) in [7, 11) is -3.52. The maximum Gasteiger partial charge on any atom is 0.240 e. The van der Waals surface area contributed by atoms with E-state index < -0.39 is 10.0 Å². The van der Waals surface area contributed by atoms with Crippen molar-refractivity contribution in [1.82, 2.24) is 14.3 Å². The molecule has 0 fully saturated rings. The highest BCUT2D eigenvalue weighted by molar-refractivity contribution is 7.89. The second-order valence-electron chi connectivity index (χ2n) is 5.30. The molecule has 1 N–H and O–H groups in total. The lowest BCUT2D eigenvalue weighted by Gasteiger charge is -2.14. The molecular formula is C16H23N3O3S. The summed E-state index contributed by atoms with van der Waals surface area (Å²) < 4.78 is 35.0. The highest BCUT2D eigenvalue weighted by Gasteiger charge is 2.19. The van der Waals surface area contributed by atoms with Crippen molar-refractivity contribution >= 4 is 10.0 Å². The van der Waals surface area contributed by atoms with Gasteiger partial charge in [-0.3, -0.25) is 0 Å². The second kappa shape index (κ2) is 7.61. The van der Waals surface area contributed by atoms with Crippen molar-refractivity contribution in [3.8, 4) is 5.75 Å². The van der Waals surface area contributed by atoms with Gasteiger partial charge in [-0.25, -0.2) is 18.1 Å². The number of ether oxygens (including phenoxy) is 1. The number of benzene rings is 1. The zero-order valence-electron chi connectivity index (χ0n) is 13.7. The van der Waals surface area contributed by atoms with Crippen LogP contribution in [0.2, 0.25) is 0 Å². The Morgan fingerprint density at radius 2 is 2.04 bits per heavy atom. The Balaban J connectivity index is 2.02. The van der Waals surface area contributed by atoms with Crippen LogP contribution in [-0.4, -0.2) is 31.1 Å². The Morgan fingerprint density at radius 1 is 1.26 bits per heavy atom. The van der Waals surface area contributed by atoms with E-state index in [2.05, 4.69) is 9.71 Å². The van der Waals surface area contributed by atoms with E-state index in [4.69, 9.17) is 4.74 Å². The van der Waals surface area contributed by atoms with Gasteiger partial charge in [0.05, 0.1) is 17.8 Å². The van der Waals surface area contributed by atoms with Crippen molar-refractivity contribution < 1.29 is 13.2 Å². The van der Waals surface area contributed by atoms with Crippen molar-refractivity contribution in [1.29, 1.82) is 0 Å². The number of nitrogens with zero attached hydrogens (tertiary/aromatic N) is 2. The summed E-state index contributed by atoms with van der Waals surface area (Å²) in [5.74, 6) is 0.726. The van der Waals surface area contributed by atoms with Crippen molar-refractivity contribution in [3.05, 3.63) is 42.0 Å². The summed E-state index contributed by atoms with van der Waals surface area (Å²) in [4.78, 5) is 4.26. The van der Waals surface area contributed by atoms with Crippen LogP contribution >= 0.6 is 0 Å². The van der Waals surface area contributed by atoms with E-state index in [0.29, 0.717) is 24.5 Å². The predicted octanol–water partition coefficient (Wildman–Crippen LogP) is 2.27. The fourth-order valence-electron chi connectivity index (χ4n) is 2.34. The minimum absolute atomic E-state index is 0.307. The largest absolute Gasteiger partial charge is 0.494 e. The van der Waals surface area contributed by atoms with Gasteiger partial charge in [0.1, 0.15) is 5.75 Å². The Hall–Kier alpha value is -1.86. The lowest BCUT2D eigenvalue weighted by Crippen LogP contribution is -2.26. The summed E-state index contributed by atoms with van der Waals surface area (Å²) >= 11 is 0. The van der Waals surface area contributed by atoms with E-state index in [1.54, 1.807) is 31.6 Å². The number of aryl methyl sites for hydroxylation is 1. The molecule has 0 radical (unpaired) electrons. The van der Waals surface area contributed by atoms with Gasteiger partial charge in [0.2, 0.25) is 10.0 Å². The lowest BCUT2D eigenvalue weighted by atomic mass is 10.1. The number of aromatic nitrogens is 2. The van der Waals surface area contributed by atoms with Gasteiger partial charge in [-0.1, -0.05) is 0 Å². The number of hydrogen-bond donors (Lipinski definition) is 1. The van der Waals surface area contributed by atoms with Crippen molar-refractivity contribution in [3.63, 3.8) is 0 Å². The van der Waals surface area contributed by atoms with E-state index in [1.807, 2.05) is 24.6 Å². The summed E-state index contributed by atoms with van der Waals surface area (Å²) in [5.41, 5.74) is 1.58. The van der Waals surface area contributed by atoms with Crippen molar-refractivity contribution in [2.45, 2.75) is 38.6 Å². The van der Waals surface area contributed by atoms with E-state index in [0.717, 1.165) is 23.4 Å². The van der Waals surface area contributed by atoms with Gasteiger partial charge >= 0.3 is 0 Å². The normalized spacial score (nSPS) is 11.6. The van der Waals surface area contributed by atoms with Gasteiger partial charge in [-0.05, 0) is 50.5 Å². The maximum atomic E-state index is 12.5. The first-order valence-corrected chi connectivity index (χ1v) is 9.12. The topological polar surface area (TPSA) is 73.2 Å². The first-order chi connectivity index (χ1) is 11.0. The Morgan fingerprint density at radius 3 is 2.70 bits per heavy atom. The fourth-order valence-corrected chi connectivity index (χ4v) is 3.71. The van der Waals surface area contributed by atoms with E-state index in [9.17, 15) is 8.42 Å². The molecule has 126 valence electrons. The standard InChI is InChI=1S/C16H23N3O3S/c1-4-22-15-6-7-16(14(3)13(15)2)23(20,21)18-8-5-10-19-11-9-17-12-19/h6-7,9,11-12,18H,4-5,8,10H2,1-3H3. The van der Waals surface area contributed by atoms with E-state index >= 15 is 0 Å². The van der Waals surface area contributed by atoms with Crippen LogP contribution in [0.5, 0.6) is 5.75 Å². The van der Waals surface area contributed by atoms with Crippen LogP contribution in [0.4, 0.5) is 0 Å². The molecule has 0 bridgehead atoms. The van der Waals surface area contributed by atoms with E-state index in [-0.39, 0.29) is 0 Å². The third kappa shape index (κ3) is 4.33. The molecule has 6 nitrogen and oxygen atoms in total. The molecule has 0 saturated heterocycles. The van der Waals surface area contributed by atoms with Gasteiger partial charge in [-0.15, -0.1) is 0 Å². The monoisotopic (exact) mass is 337 g/mol. The molecule has 1 aromatic heterocycles. The second-order valence-corrected chi connectivity index (χ2v) is 7.03. The molecule has 0 aliphatic heterocycles. The molecule has 0 amide bonds. The molecule has 0 aliphatic carbocycles. The van der Waals surface area contributed by atoms with Crippen LogP contribution in [0.3, 0.4) is 0 Å². The first kappa shape index (κ1) is 17.5. The van der Waals surface area contributed by atoms with Crippen molar-refractivity contribution in [2.24, 2.45) is 0 Å². The average molecular weight is 337 g/mol. The molecule has 0 saturated carbocycles. The van der Waals surface area contributed by atoms with Crippen LogP contribution < -0.4 is 9.46 Å². The molecule has 0 atom stereocenters. The van der Waals surface area contributed by atoms with Gasteiger partial charge in [0, 0.05) is 25.5 Å². The number of sulfonamides is 1. The lowest BCUT2D eigenvalue weighted by molar-refractivity contribution is 0.337. The van der Waals surface area contributed by atoms with Crippen LogP contribution in [-0.2, 0) is 16.6 Å². The summed E-state index contributed by atoms with van der Waals surface area (Å²) in [6, 6.07) is 3.32. The summed E-state index contributed by atoms with van der Waals surface area (Å²) in [6.45, 7) is 7.24. The van der Waals surface area contributed by atoms with Gasteiger partial charge < -0.3 is 9.30 Å². The zero-order chi connectivity index (χ0) is 16.9. The molecule has 1 aromatic carbocycles. The maximum absolute atomic E-state index is 12.5. The van der Waals surface area contributed by atoms with Crippen LogP contribution in [0.15, 0.2) is 35.7 Å².